The molecule has 9 aliphatic rings. The van der Waals surface area contributed by atoms with Gasteiger partial charge in [0.25, 0.3) is 0 Å². The monoisotopic (exact) mass is 1960 g/mol. The molecule has 0 radical (unpaired) electrons. The standard InChI is InChI=1S/C47H54O2P2.C30H27P.C20H32NP.C17H31P.C5H10.4CH3.2Fe/c1-29-18-30(2)23-38(22-29)50(39-24-31(3)19-32(4)25-39)43-16-12-14-41(48-10)46(43)47-42(49-11)15-13-17-44(47)51(40-26-33(5)20-34(6)27-40)45-28-35(7)21-36(8)37(45)9;1-22-10-8-11-23-18-20-30(28(22)23)21-19-24-12-9-17-27(29(24)30)31(25-13-4-2-5-14-25)26-15-6-3-7-16-26;1-16(21(2)3)19-14-9-15-20(19)22(18-12-7-8-13-18)17-10-5-4-6-11-17;1-3-9-15(10-4-1)18(17-13-7-8-14-17)16-11-5-2-6-12-16;1-2-4-5-3-1;;;;;;/h12,14-16,18-28,44,47H,13,17H2,1-11H3;2-17H,18-21H2,1H3;4-6,10-11,16,18-20H,7-9,12-15H2,1-3H3;15-17H,1-14H2;1-5H2;4*1H3;;/q;;;;;4*-1;2*+2/t44-,47+,51?;30-;16-,19?,20?,22?;;;;;;;;/m100......../s1. The number of aryl methyl sites for hydroxylation is 11. The second-order valence-corrected chi connectivity index (χ2v) is 52.7. The predicted molar refractivity (Wildman–Crippen MR) is 589 cm³/mol. The minimum Gasteiger partial charge on any atom is -0.501 e. The van der Waals surface area contributed by atoms with Crippen LogP contribution in [0.25, 0.3) is 0 Å². The first-order chi connectivity index (χ1) is 61.8. The molecule has 6 saturated carbocycles. The summed E-state index contributed by atoms with van der Waals surface area (Å²) in [6.07, 6.45) is 49.2. The molecular formula is C123H166Fe2NO2P5. The van der Waals surface area contributed by atoms with Crippen molar-refractivity contribution in [2.75, 3.05) is 28.3 Å². The van der Waals surface area contributed by atoms with Crippen LogP contribution < -0.4 is 52.5 Å². The average Bonchev–Trinajstić information content (AvgIpc) is 1.55. The zero-order chi connectivity index (χ0) is 88.7. The minimum atomic E-state index is -0.932. The largest absolute Gasteiger partial charge is 2.00 e. The zero-order valence-electron chi connectivity index (χ0n) is 85.3. The maximum absolute atomic E-state index is 6.48. The molecule has 6 fully saturated rings. The summed E-state index contributed by atoms with van der Waals surface area (Å²) in [7, 11) is 6.34. The van der Waals surface area contributed by atoms with Gasteiger partial charge < -0.3 is 44.1 Å². The van der Waals surface area contributed by atoms with Gasteiger partial charge in [-0.1, -0.05) is 364 Å². The molecule has 0 saturated heterocycles. The van der Waals surface area contributed by atoms with Gasteiger partial charge in [0.1, 0.15) is 5.75 Å². The van der Waals surface area contributed by atoms with Crippen molar-refractivity contribution < 1.29 is 43.6 Å². The van der Waals surface area contributed by atoms with Crippen LogP contribution in [0.3, 0.4) is 0 Å². The molecule has 0 amide bonds. The van der Waals surface area contributed by atoms with E-state index in [1.807, 2.05) is 14.2 Å². The third-order valence-electron chi connectivity index (χ3n) is 30.8. The van der Waals surface area contributed by atoms with E-state index in [4.69, 9.17) is 9.47 Å². The van der Waals surface area contributed by atoms with Crippen LogP contribution in [0.4, 0.5) is 0 Å². The smallest absolute Gasteiger partial charge is 0.501 e. The first-order valence-corrected chi connectivity index (χ1v) is 57.1. The summed E-state index contributed by atoms with van der Waals surface area (Å²) in [5.74, 6) is 2.93. The molecule has 0 heterocycles. The van der Waals surface area contributed by atoms with E-state index in [1.54, 1.807) is 110 Å². The van der Waals surface area contributed by atoms with E-state index in [-0.39, 0.29) is 83.1 Å². The molecule has 10 heteroatoms. The Bertz CT molecular complexity index is 5070. The van der Waals surface area contributed by atoms with Crippen molar-refractivity contribution >= 4 is 87.3 Å². The summed E-state index contributed by atoms with van der Waals surface area (Å²) in [5.41, 5.74) is 27.1. The van der Waals surface area contributed by atoms with Crippen LogP contribution in [-0.2, 0) is 57.1 Å². The SMILES string of the molecule is C1CCC(P(C2CCCCC2)C2CCCC2)CC1.C1CCCC1.COC1=CCC[C@@H](P(c2cc(C)cc(C)c2)c2cc(C)cc(C)c2C)[C@H]1c1c(OC)cccc1P(c1cc(C)cc(C)c1)c1cc(C)cc(C)c1.C[C@@H](C1CCCC1P(c1ccccc1)C1CCCC1)N(C)C.Cc1cccc2c1[C@]1(CC2)CCc2cccc(P(c3ccccc3)c3ccccc3)c21.[CH3-].[CH3-].[CH3-].[CH3-].[Fe+2].[Fe+2]. The first-order valence-electron chi connectivity index (χ1n) is 50.0. The van der Waals surface area contributed by atoms with Crippen molar-refractivity contribution in [3.63, 3.8) is 0 Å². The number of ether oxygens (including phenoxy) is 2. The number of allylic oxidation sites excluding steroid dienone is 2. The fourth-order valence-corrected chi connectivity index (χ4v) is 42.8. The van der Waals surface area contributed by atoms with E-state index >= 15 is 0 Å². The molecule has 8 atom stereocenters. The number of benzene rings is 10. The second kappa shape index (κ2) is 53.3. The van der Waals surface area contributed by atoms with Crippen molar-refractivity contribution in [2.45, 2.75) is 333 Å². The number of nitrogens with zero attached hydrogens (tertiary/aromatic N) is 1. The van der Waals surface area contributed by atoms with Crippen molar-refractivity contribution in [1.29, 1.82) is 0 Å². The minimum absolute atomic E-state index is 0. The molecule has 19 rings (SSSR count). The van der Waals surface area contributed by atoms with Crippen LogP contribution in [0.5, 0.6) is 5.75 Å². The average molecular weight is 1960 g/mol. The summed E-state index contributed by atoms with van der Waals surface area (Å²) < 4.78 is 12.9. The van der Waals surface area contributed by atoms with E-state index in [9.17, 15) is 0 Å². The molecule has 0 N–H and O–H groups in total. The summed E-state index contributed by atoms with van der Waals surface area (Å²) in [4.78, 5) is 2.45. The van der Waals surface area contributed by atoms with E-state index in [2.05, 4.69) is 314 Å². The Hall–Kier alpha value is -5.31. The van der Waals surface area contributed by atoms with Crippen LogP contribution in [-0.4, -0.2) is 73.2 Å². The third kappa shape index (κ3) is 26.7. The van der Waals surface area contributed by atoms with Gasteiger partial charge >= 0.3 is 34.1 Å². The van der Waals surface area contributed by atoms with E-state index < -0.39 is 23.8 Å². The Morgan fingerprint density at radius 2 is 0.767 bits per heavy atom. The Labute approximate surface area is 839 Å². The van der Waals surface area contributed by atoms with Crippen LogP contribution in [0.15, 0.2) is 224 Å². The van der Waals surface area contributed by atoms with Gasteiger partial charge in [-0.2, -0.15) is 0 Å². The van der Waals surface area contributed by atoms with Crippen molar-refractivity contribution in [2.24, 2.45) is 5.92 Å². The first kappa shape index (κ1) is 111. The van der Waals surface area contributed by atoms with Crippen molar-refractivity contribution in [1.82, 2.24) is 4.90 Å². The number of hydrogen-bond donors (Lipinski definition) is 0. The Morgan fingerprint density at radius 3 is 1.24 bits per heavy atom. The molecule has 9 aliphatic carbocycles. The van der Waals surface area contributed by atoms with Crippen LogP contribution in [0.2, 0.25) is 0 Å². The van der Waals surface area contributed by atoms with E-state index in [0.717, 1.165) is 47.6 Å². The molecule has 4 unspecified atom stereocenters. The third-order valence-corrected chi connectivity index (χ3v) is 46.3. The summed E-state index contributed by atoms with van der Waals surface area (Å²) in [6.45, 7) is 25.0. The van der Waals surface area contributed by atoms with E-state index in [1.165, 1.54) is 231 Å². The van der Waals surface area contributed by atoms with Gasteiger partial charge in [0, 0.05) is 22.7 Å². The summed E-state index contributed by atoms with van der Waals surface area (Å²) in [6, 6.07) is 81.8. The normalized spacial score (nSPS) is 20.5. The number of hydrogen-bond acceptors (Lipinski definition) is 3. The molecule has 0 bridgehead atoms. The Kier molecular flexibility index (Phi) is 44.6. The number of fused-ring (bicyclic) bond motifs is 4. The zero-order valence-corrected chi connectivity index (χ0v) is 92.0. The van der Waals surface area contributed by atoms with Crippen molar-refractivity contribution in [3.05, 3.63) is 337 Å². The van der Waals surface area contributed by atoms with Gasteiger partial charge in [-0.3, -0.25) is 0 Å². The van der Waals surface area contributed by atoms with Crippen LogP contribution in [0.1, 0.15) is 289 Å². The molecule has 3 nitrogen and oxygen atoms in total. The topological polar surface area (TPSA) is 21.7 Å². The molecule has 133 heavy (non-hydrogen) atoms. The van der Waals surface area contributed by atoms with Crippen LogP contribution in [0, 0.1) is 105 Å². The fourth-order valence-electron chi connectivity index (χ4n) is 25.0. The maximum atomic E-state index is 6.48. The van der Waals surface area contributed by atoms with Crippen molar-refractivity contribution in [3.8, 4) is 5.75 Å². The molecular weight excluding hydrogens is 1790 g/mol. The summed E-state index contributed by atoms with van der Waals surface area (Å²) in [5, 5.41) is 13.2. The summed E-state index contributed by atoms with van der Waals surface area (Å²) >= 11 is 0. The van der Waals surface area contributed by atoms with Gasteiger partial charge in [-0.05, 0) is 350 Å². The maximum Gasteiger partial charge on any atom is 2.00 e. The molecule has 1 spiro atoms. The number of methoxy groups -OCH3 is 2. The molecule has 716 valence electrons. The van der Waals surface area contributed by atoms with Gasteiger partial charge in [-0.25, -0.2) is 0 Å². The van der Waals surface area contributed by atoms with Gasteiger partial charge in [0.2, 0.25) is 0 Å². The molecule has 0 aliphatic heterocycles. The quantitative estimate of drug-likeness (QED) is 0.0431. The van der Waals surface area contributed by atoms with Gasteiger partial charge in [0.15, 0.2) is 0 Å². The van der Waals surface area contributed by atoms with Crippen LogP contribution >= 0.6 is 39.6 Å². The Morgan fingerprint density at radius 1 is 0.353 bits per heavy atom. The molecule has 10 aromatic rings. The molecule has 10 aromatic carbocycles. The fraction of sp³-hybridized carbons (Fsp3) is 0.463. The van der Waals surface area contributed by atoms with E-state index in [0.29, 0.717) is 13.6 Å². The van der Waals surface area contributed by atoms with Gasteiger partial charge in [-0.15, -0.1) is 0 Å². The second-order valence-electron chi connectivity index (χ2n) is 40.1. The number of rotatable bonds is 20. The van der Waals surface area contributed by atoms with Gasteiger partial charge in [0.05, 0.1) is 25.9 Å². The Balaban J connectivity index is 0.000000207. The predicted octanol–water partition coefficient (Wildman–Crippen LogP) is 30.7. The molecule has 0 aromatic heterocycles.